The molecule has 0 radical (unpaired) electrons. The second kappa shape index (κ2) is 10.4. The number of carbonyl (C=O) groups is 2. The molecule has 2 amide bonds. The van der Waals surface area contributed by atoms with Crippen LogP contribution in [0.25, 0.3) is 11.6 Å². The number of phenolic OH excluding ortho intramolecular Hbond substituents is 1. The van der Waals surface area contributed by atoms with Crippen LogP contribution in [0.15, 0.2) is 65.7 Å². The first kappa shape index (κ1) is 24.5. The fourth-order valence-electron chi connectivity index (χ4n) is 6.36. The van der Waals surface area contributed by atoms with Crippen LogP contribution < -0.4 is 0 Å². The Balaban J connectivity index is 1.41. The van der Waals surface area contributed by atoms with Crippen LogP contribution in [-0.2, 0) is 14.3 Å². The van der Waals surface area contributed by atoms with Crippen molar-refractivity contribution in [1.82, 2.24) is 4.90 Å². The summed E-state index contributed by atoms with van der Waals surface area (Å²) < 4.78 is 6.36. The SMILES string of the molecule is CCCN1C(=O)[C@@H]2[C@@H](CC(CC)=C3[C@@H](CC/C(=C/c4ccccc4O)c4ccccc4)OC[C@@H]32)C1=O. The van der Waals surface area contributed by atoms with E-state index in [-0.39, 0.29) is 41.4 Å². The standard InChI is InChI=1S/C31H35NO4/c1-3-16-32-30(34)24-18-20(4-2)28-25(29(24)31(32)35)19-36-27(28)15-14-22(21-10-6-5-7-11-21)17-23-12-8-9-13-26(23)33/h5-13,17,24-25,27,29,33H,3-4,14-16,18-19H2,1-2H3/b22-17-/t24-,25+,27-,29-/m1/s1. The molecular weight excluding hydrogens is 450 g/mol. The van der Waals surface area contributed by atoms with E-state index in [1.54, 1.807) is 6.07 Å². The Bertz CT molecular complexity index is 1200. The molecule has 2 saturated heterocycles. The van der Waals surface area contributed by atoms with Gasteiger partial charge in [-0.2, -0.15) is 0 Å². The highest BCUT2D eigenvalue weighted by Crippen LogP contribution is 2.50. The number of imide groups is 1. The number of hydrogen-bond donors (Lipinski definition) is 1. The Labute approximate surface area is 213 Å². The van der Waals surface area contributed by atoms with Gasteiger partial charge in [-0.25, -0.2) is 0 Å². The van der Waals surface area contributed by atoms with E-state index in [1.165, 1.54) is 16.0 Å². The van der Waals surface area contributed by atoms with Crippen molar-refractivity contribution in [1.29, 1.82) is 0 Å². The zero-order chi connectivity index (χ0) is 25.2. The van der Waals surface area contributed by atoms with Crippen molar-refractivity contribution in [3.05, 3.63) is 76.9 Å². The smallest absolute Gasteiger partial charge is 0.233 e. The Kier molecular flexibility index (Phi) is 7.10. The summed E-state index contributed by atoms with van der Waals surface area (Å²) in [5, 5.41) is 10.4. The molecule has 5 nitrogen and oxygen atoms in total. The van der Waals surface area contributed by atoms with Crippen molar-refractivity contribution in [2.45, 2.75) is 52.1 Å². The minimum atomic E-state index is -0.273. The van der Waals surface area contributed by atoms with E-state index >= 15 is 0 Å². The van der Waals surface area contributed by atoms with Gasteiger partial charge in [-0.05, 0) is 61.0 Å². The molecule has 0 saturated carbocycles. The van der Waals surface area contributed by atoms with Crippen LogP contribution in [-0.4, -0.2) is 41.1 Å². The van der Waals surface area contributed by atoms with Crippen LogP contribution in [0, 0.1) is 17.8 Å². The second-order valence-corrected chi connectivity index (χ2v) is 10.1. The number of para-hydroxylation sites is 1. The van der Waals surface area contributed by atoms with E-state index < -0.39 is 0 Å². The third-order valence-electron chi connectivity index (χ3n) is 8.06. The molecule has 0 aromatic heterocycles. The van der Waals surface area contributed by atoms with Gasteiger partial charge < -0.3 is 9.84 Å². The maximum absolute atomic E-state index is 13.3. The number of amides is 2. The van der Waals surface area contributed by atoms with Gasteiger partial charge in [0, 0.05) is 18.0 Å². The molecule has 2 aliphatic heterocycles. The lowest BCUT2D eigenvalue weighted by atomic mass is 9.69. The number of ether oxygens (including phenoxy) is 1. The van der Waals surface area contributed by atoms with E-state index in [9.17, 15) is 14.7 Å². The van der Waals surface area contributed by atoms with Crippen LogP contribution in [0.1, 0.15) is 57.1 Å². The van der Waals surface area contributed by atoms with E-state index in [4.69, 9.17) is 4.74 Å². The molecule has 2 aromatic rings. The number of hydrogen-bond acceptors (Lipinski definition) is 4. The van der Waals surface area contributed by atoms with Crippen LogP contribution in [0.2, 0.25) is 0 Å². The van der Waals surface area contributed by atoms with Crippen LogP contribution in [0.4, 0.5) is 0 Å². The summed E-state index contributed by atoms with van der Waals surface area (Å²) in [6, 6.07) is 17.6. The summed E-state index contributed by atoms with van der Waals surface area (Å²) in [5.41, 5.74) is 5.62. The van der Waals surface area contributed by atoms with Crippen molar-refractivity contribution in [3.63, 3.8) is 0 Å². The molecule has 5 heteroatoms. The Morgan fingerprint density at radius 2 is 1.78 bits per heavy atom. The molecule has 188 valence electrons. The molecule has 36 heavy (non-hydrogen) atoms. The number of phenols is 1. The van der Waals surface area contributed by atoms with E-state index in [0.717, 1.165) is 42.4 Å². The van der Waals surface area contributed by atoms with Crippen LogP contribution in [0.5, 0.6) is 5.75 Å². The molecule has 2 aromatic carbocycles. The van der Waals surface area contributed by atoms with Gasteiger partial charge in [0.1, 0.15) is 5.75 Å². The highest BCUT2D eigenvalue weighted by molar-refractivity contribution is 6.06. The molecule has 0 bridgehead atoms. The summed E-state index contributed by atoms with van der Waals surface area (Å²) in [5.74, 6) is -0.223. The normalized spacial score (nSPS) is 25.9. The lowest BCUT2D eigenvalue weighted by Crippen LogP contribution is -2.34. The predicted molar refractivity (Wildman–Crippen MR) is 141 cm³/mol. The third-order valence-corrected chi connectivity index (χ3v) is 8.06. The van der Waals surface area contributed by atoms with Crippen molar-refractivity contribution in [2.24, 2.45) is 17.8 Å². The summed E-state index contributed by atoms with van der Waals surface area (Å²) in [4.78, 5) is 27.8. The molecule has 0 unspecified atom stereocenters. The molecule has 2 heterocycles. The first-order chi connectivity index (χ1) is 17.5. The van der Waals surface area contributed by atoms with Gasteiger partial charge in [-0.15, -0.1) is 0 Å². The first-order valence-corrected chi connectivity index (χ1v) is 13.3. The zero-order valence-electron chi connectivity index (χ0n) is 21.2. The number of likely N-dealkylation sites (tertiary alicyclic amines) is 1. The van der Waals surface area contributed by atoms with Gasteiger partial charge in [-0.3, -0.25) is 14.5 Å². The fraction of sp³-hybridized carbons (Fsp3) is 0.419. The number of nitrogens with zero attached hydrogens (tertiary/aromatic N) is 1. The molecule has 0 spiro atoms. The van der Waals surface area contributed by atoms with Crippen molar-refractivity contribution >= 4 is 23.5 Å². The summed E-state index contributed by atoms with van der Waals surface area (Å²) in [6.45, 7) is 5.17. The van der Waals surface area contributed by atoms with Gasteiger partial charge in [0.15, 0.2) is 0 Å². The van der Waals surface area contributed by atoms with Gasteiger partial charge in [0.2, 0.25) is 11.8 Å². The minimum absolute atomic E-state index is 0.00169. The highest BCUT2D eigenvalue weighted by atomic mass is 16.5. The number of aromatic hydroxyl groups is 1. The van der Waals surface area contributed by atoms with Crippen molar-refractivity contribution in [2.75, 3.05) is 13.2 Å². The molecule has 4 atom stereocenters. The summed E-state index contributed by atoms with van der Waals surface area (Å²) >= 11 is 0. The Hall–Kier alpha value is -3.18. The fourth-order valence-corrected chi connectivity index (χ4v) is 6.36. The lowest BCUT2D eigenvalue weighted by molar-refractivity contribution is -0.140. The van der Waals surface area contributed by atoms with Crippen molar-refractivity contribution < 1.29 is 19.4 Å². The number of rotatable bonds is 8. The van der Waals surface area contributed by atoms with E-state index in [1.807, 2.05) is 43.3 Å². The van der Waals surface area contributed by atoms with Gasteiger partial charge >= 0.3 is 0 Å². The molecule has 2 fully saturated rings. The summed E-state index contributed by atoms with van der Waals surface area (Å²) in [6.07, 6.45) is 5.92. The average Bonchev–Trinajstić information content (AvgIpc) is 3.42. The first-order valence-electron chi connectivity index (χ1n) is 13.3. The molecule has 5 rings (SSSR count). The second-order valence-electron chi connectivity index (χ2n) is 10.1. The Morgan fingerprint density at radius 3 is 2.50 bits per heavy atom. The topological polar surface area (TPSA) is 66.8 Å². The Morgan fingerprint density at radius 1 is 1.03 bits per heavy atom. The molecule has 1 aliphatic carbocycles. The lowest BCUT2D eigenvalue weighted by Gasteiger charge is -2.31. The average molecular weight is 486 g/mol. The van der Waals surface area contributed by atoms with Gasteiger partial charge in [0.05, 0.1) is 24.5 Å². The largest absolute Gasteiger partial charge is 0.507 e. The van der Waals surface area contributed by atoms with Crippen LogP contribution in [0.3, 0.4) is 0 Å². The number of fused-ring (bicyclic) bond motifs is 3. The van der Waals surface area contributed by atoms with Gasteiger partial charge in [0.25, 0.3) is 0 Å². The minimum Gasteiger partial charge on any atom is -0.507 e. The quantitative estimate of drug-likeness (QED) is 0.289. The number of allylic oxidation sites excluding steroid dienone is 2. The van der Waals surface area contributed by atoms with Gasteiger partial charge in [-0.1, -0.05) is 68.0 Å². The molecule has 3 aliphatic rings. The molecule has 1 N–H and O–H groups in total. The van der Waals surface area contributed by atoms with Crippen LogP contribution >= 0.6 is 0 Å². The zero-order valence-corrected chi connectivity index (χ0v) is 21.2. The monoisotopic (exact) mass is 485 g/mol. The third kappa shape index (κ3) is 4.41. The van der Waals surface area contributed by atoms with Crippen molar-refractivity contribution in [3.8, 4) is 5.75 Å². The maximum atomic E-state index is 13.3. The predicted octanol–water partition coefficient (Wildman–Crippen LogP) is 5.85. The molecular formula is C31H35NO4. The number of benzene rings is 2. The maximum Gasteiger partial charge on any atom is 0.233 e. The summed E-state index contributed by atoms with van der Waals surface area (Å²) in [7, 11) is 0. The van der Waals surface area contributed by atoms with E-state index in [0.29, 0.717) is 19.6 Å². The number of carbonyl (C=O) groups excluding carboxylic acids is 2. The van der Waals surface area contributed by atoms with E-state index in [2.05, 4.69) is 25.1 Å². The highest BCUT2D eigenvalue weighted by Gasteiger charge is 2.56.